The molecule has 192 valence electrons. The molecule has 0 saturated carbocycles. The summed E-state index contributed by atoms with van der Waals surface area (Å²) < 4.78 is 0. The summed E-state index contributed by atoms with van der Waals surface area (Å²) in [5.74, 6) is 0.512. The average molecular weight is 475 g/mol. The second-order valence-electron chi connectivity index (χ2n) is 9.73. The highest BCUT2D eigenvalue weighted by Crippen LogP contribution is 2.22. The van der Waals surface area contributed by atoms with Crippen LogP contribution >= 0.6 is 0 Å². The van der Waals surface area contributed by atoms with Crippen molar-refractivity contribution >= 4 is 11.6 Å². The van der Waals surface area contributed by atoms with Gasteiger partial charge in [0.05, 0.1) is 24.3 Å². The molecule has 2 aliphatic heterocycles. The van der Waals surface area contributed by atoms with E-state index in [0.29, 0.717) is 12.8 Å². The van der Waals surface area contributed by atoms with Crippen LogP contribution in [0.2, 0.25) is 0 Å². The quantitative estimate of drug-likeness (QED) is 0.471. The van der Waals surface area contributed by atoms with Gasteiger partial charge in [-0.2, -0.15) is 0 Å². The van der Waals surface area contributed by atoms with Gasteiger partial charge in [-0.15, -0.1) is 0 Å². The minimum absolute atomic E-state index is 0.0840. The van der Waals surface area contributed by atoms with E-state index in [2.05, 4.69) is 13.2 Å². The van der Waals surface area contributed by atoms with E-state index >= 15 is 0 Å². The summed E-state index contributed by atoms with van der Waals surface area (Å²) >= 11 is 0. The SMILES string of the molecule is C=C/C=C/C[C@@H](C)[C@@H](O)[C@H]1C(=O)CCCN1C.C=C/C=C\C[C@@H](C)[C@@H](O)[C@H]1C(=O)CCCN1C. The molecule has 2 fully saturated rings. The maximum Gasteiger partial charge on any atom is 0.152 e. The number of nitrogens with zero attached hydrogens (tertiary/aromatic N) is 2. The highest BCUT2D eigenvalue weighted by atomic mass is 16.3. The number of allylic oxidation sites excluding steroid dienone is 6. The molecule has 0 aromatic carbocycles. The third-order valence-corrected chi connectivity index (χ3v) is 6.85. The molecule has 2 saturated heterocycles. The van der Waals surface area contributed by atoms with Crippen LogP contribution in [0, 0.1) is 11.8 Å². The number of hydrogen-bond donors (Lipinski definition) is 2. The zero-order valence-electron chi connectivity index (χ0n) is 21.6. The van der Waals surface area contributed by atoms with E-state index in [4.69, 9.17) is 0 Å². The van der Waals surface area contributed by atoms with Gasteiger partial charge in [0.2, 0.25) is 0 Å². The molecule has 6 nitrogen and oxygen atoms in total. The highest BCUT2D eigenvalue weighted by Gasteiger charge is 2.36. The van der Waals surface area contributed by atoms with Crippen LogP contribution in [0.1, 0.15) is 52.4 Å². The Bertz CT molecular complexity index is 657. The van der Waals surface area contributed by atoms with Crippen LogP contribution in [-0.4, -0.2) is 83.1 Å². The average Bonchev–Trinajstić information content (AvgIpc) is 2.79. The lowest BCUT2D eigenvalue weighted by Gasteiger charge is -2.36. The zero-order valence-corrected chi connectivity index (χ0v) is 21.6. The molecule has 6 heteroatoms. The van der Waals surface area contributed by atoms with Gasteiger partial charge in [-0.1, -0.05) is 63.5 Å². The summed E-state index contributed by atoms with van der Waals surface area (Å²) in [5.41, 5.74) is 0. The molecule has 2 N–H and O–H groups in total. The number of piperidine rings is 2. The maximum atomic E-state index is 11.8. The molecule has 6 atom stereocenters. The Morgan fingerprint density at radius 2 is 1.18 bits per heavy atom. The Labute approximate surface area is 206 Å². The van der Waals surface area contributed by atoms with E-state index < -0.39 is 12.2 Å². The van der Waals surface area contributed by atoms with Gasteiger partial charge in [0.1, 0.15) is 0 Å². The second kappa shape index (κ2) is 15.9. The molecule has 2 aliphatic rings. The first-order valence-corrected chi connectivity index (χ1v) is 12.5. The van der Waals surface area contributed by atoms with Gasteiger partial charge in [-0.25, -0.2) is 0 Å². The fourth-order valence-electron chi connectivity index (χ4n) is 4.65. The molecule has 0 amide bonds. The summed E-state index contributed by atoms with van der Waals surface area (Å²) in [6, 6.07) is -0.647. The van der Waals surface area contributed by atoms with Crippen molar-refractivity contribution in [3.63, 3.8) is 0 Å². The van der Waals surface area contributed by atoms with Crippen LogP contribution < -0.4 is 0 Å². The Balaban J connectivity index is 0.000000340. The van der Waals surface area contributed by atoms with Crippen molar-refractivity contribution in [2.24, 2.45) is 11.8 Å². The largest absolute Gasteiger partial charge is 0.391 e. The van der Waals surface area contributed by atoms with E-state index in [-0.39, 0.29) is 35.5 Å². The van der Waals surface area contributed by atoms with E-state index in [1.165, 1.54) is 0 Å². The molecule has 34 heavy (non-hydrogen) atoms. The van der Waals surface area contributed by atoms with Gasteiger partial charge in [0, 0.05) is 12.8 Å². The summed E-state index contributed by atoms with van der Waals surface area (Å²) in [5, 5.41) is 20.5. The molecule has 2 heterocycles. The van der Waals surface area contributed by atoms with Gasteiger partial charge >= 0.3 is 0 Å². The fraction of sp³-hybridized carbons (Fsp3) is 0.643. The van der Waals surface area contributed by atoms with Crippen LogP contribution in [0.25, 0.3) is 0 Å². The lowest BCUT2D eigenvalue weighted by molar-refractivity contribution is -0.133. The predicted molar refractivity (Wildman–Crippen MR) is 140 cm³/mol. The molecule has 0 spiro atoms. The van der Waals surface area contributed by atoms with Crippen LogP contribution in [0.15, 0.2) is 49.6 Å². The van der Waals surface area contributed by atoms with E-state index in [1.54, 1.807) is 12.2 Å². The van der Waals surface area contributed by atoms with Gasteiger partial charge < -0.3 is 10.2 Å². The molecule has 0 aromatic rings. The van der Waals surface area contributed by atoms with Crippen molar-refractivity contribution in [2.75, 3.05) is 27.2 Å². The fourth-order valence-corrected chi connectivity index (χ4v) is 4.65. The van der Waals surface area contributed by atoms with Crippen molar-refractivity contribution in [3.05, 3.63) is 49.6 Å². The molecule has 0 aromatic heterocycles. The lowest BCUT2D eigenvalue weighted by Crippen LogP contribution is -2.52. The number of likely N-dealkylation sites (N-methyl/N-ethyl adjacent to an activating group) is 2. The first-order valence-electron chi connectivity index (χ1n) is 12.5. The Morgan fingerprint density at radius 3 is 1.47 bits per heavy atom. The van der Waals surface area contributed by atoms with E-state index in [0.717, 1.165) is 38.8 Å². The number of aliphatic hydroxyl groups is 2. The lowest BCUT2D eigenvalue weighted by atomic mass is 9.88. The maximum absolute atomic E-state index is 11.8. The molecular formula is C28H46N2O4. The van der Waals surface area contributed by atoms with Crippen molar-refractivity contribution in [1.29, 1.82) is 0 Å². The summed E-state index contributed by atoms with van der Waals surface area (Å²) in [7, 11) is 3.83. The monoisotopic (exact) mass is 474 g/mol. The number of carbonyl (C=O) groups is 2. The van der Waals surface area contributed by atoms with Crippen LogP contribution in [0.4, 0.5) is 0 Å². The Morgan fingerprint density at radius 1 is 0.824 bits per heavy atom. The highest BCUT2D eigenvalue weighted by molar-refractivity contribution is 5.85. The molecule has 0 bridgehead atoms. The summed E-state index contributed by atoms with van der Waals surface area (Å²) in [6.45, 7) is 13.0. The van der Waals surface area contributed by atoms with Crippen molar-refractivity contribution < 1.29 is 19.8 Å². The zero-order chi connectivity index (χ0) is 25.7. The van der Waals surface area contributed by atoms with E-state index in [9.17, 15) is 19.8 Å². The predicted octanol–water partition coefficient (Wildman–Crippen LogP) is 3.56. The molecule has 0 aliphatic carbocycles. The minimum Gasteiger partial charge on any atom is -0.391 e. The third-order valence-electron chi connectivity index (χ3n) is 6.85. The van der Waals surface area contributed by atoms with Gasteiger partial charge in [0.15, 0.2) is 11.6 Å². The number of likely N-dealkylation sites (tertiary alicyclic amines) is 2. The topological polar surface area (TPSA) is 81.1 Å². The first kappa shape index (κ1) is 30.2. The summed E-state index contributed by atoms with van der Waals surface area (Å²) in [4.78, 5) is 27.6. The molecule has 0 radical (unpaired) electrons. The smallest absolute Gasteiger partial charge is 0.152 e. The number of aliphatic hydroxyl groups excluding tert-OH is 2. The number of Topliss-reactive ketones (excluding diaryl/α,β-unsaturated/α-hetero) is 2. The van der Waals surface area contributed by atoms with Gasteiger partial charge in [0.25, 0.3) is 0 Å². The van der Waals surface area contributed by atoms with E-state index in [1.807, 2.05) is 62.0 Å². The number of rotatable bonds is 10. The Kier molecular flexibility index (Phi) is 14.1. The van der Waals surface area contributed by atoms with Crippen LogP contribution in [-0.2, 0) is 9.59 Å². The third kappa shape index (κ3) is 9.41. The van der Waals surface area contributed by atoms with Gasteiger partial charge in [-0.3, -0.25) is 19.4 Å². The molecule has 0 unspecified atom stereocenters. The van der Waals surface area contributed by atoms with Gasteiger partial charge in [-0.05, 0) is 64.7 Å². The standard InChI is InChI=1S/2C14H23NO2/c2*1-4-5-6-8-11(2)14(17)13-12(16)9-7-10-15(13)3/h2*4-6,11,13-14,17H,1,7-10H2,2-3H3/b6-5+;6-5-/t2*11-,13-,14-/m11/s1. The normalized spacial score (nSPS) is 26.1. The minimum atomic E-state index is -0.581. The Hall–Kier alpha value is -1.86. The number of hydrogen-bond acceptors (Lipinski definition) is 6. The second-order valence-corrected chi connectivity index (χ2v) is 9.73. The van der Waals surface area contributed by atoms with Crippen molar-refractivity contribution in [3.8, 4) is 0 Å². The van der Waals surface area contributed by atoms with Crippen molar-refractivity contribution in [1.82, 2.24) is 9.80 Å². The molecular weight excluding hydrogens is 428 g/mol. The van der Waals surface area contributed by atoms with Crippen LogP contribution in [0.3, 0.4) is 0 Å². The van der Waals surface area contributed by atoms with Crippen molar-refractivity contribution in [2.45, 2.75) is 76.7 Å². The molecule has 2 rings (SSSR count). The number of ketones is 2. The number of carbonyl (C=O) groups excluding carboxylic acids is 2. The first-order chi connectivity index (χ1) is 16.1. The van der Waals surface area contributed by atoms with Crippen LogP contribution in [0.5, 0.6) is 0 Å². The summed E-state index contributed by atoms with van der Waals surface area (Å²) in [6.07, 6.45) is 14.5.